The van der Waals surface area contributed by atoms with Gasteiger partial charge in [0.1, 0.15) is 0 Å². The Bertz CT molecular complexity index is 1580. The number of aromatic nitrogens is 3. The number of sulfonamides is 1. The van der Waals surface area contributed by atoms with Gasteiger partial charge in [0.25, 0.3) is 5.56 Å². The predicted octanol–water partition coefficient (Wildman–Crippen LogP) is 3.68. The fourth-order valence-electron chi connectivity index (χ4n) is 3.68. The van der Waals surface area contributed by atoms with Gasteiger partial charge in [-0.2, -0.15) is 4.68 Å². The number of hydrogen-bond acceptors (Lipinski definition) is 5. The quantitative estimate of drug-likeness (QED) is 0.415. The molecule has 0 aliphatic carbocycles. The van der Waals surface area contributed by atoms with Crippen LogP contribution in [0.4, 0.5) is 0 Å². The smallest absolute Gasteiger partial charge is 0.277 e. The van der Waals surface area contributed by atoms with E-state index in [0.717, 1.165) is 21.9 Å². The summed E-state index contributed by atoms with van der Waals surface area (Å²) in [6, 6.07) is 20.3. The highest BCUT2D eigenvalue weighted by Gasteiger charge is 2.19. The molecule has 0 bridgehead atoms. The van der Waals surface area contributed by atoms with Crippen LogP contribution in [0.1, 0.15) is 11.1 Å². The highest BCUT2D eigenvalue weighted by Crippen LogP contribution is 2.27. The fraction of sp³-hybridized carbons (Fsp3) is 0.0435. The van der Waals surface area contributed by atoms with E-state index in [-0.39, 0.29) is 10.5 Å². The van der Waals surface area contributed by atoms with Crippen molar-refractivity contribution in [2.45, 2.75) is 11.3 Å². The molecular formula is C23H18N4O3S2. The maximum absolute atomic E-state index is 13.3. The first-order valence-electron chi connectivity index (χ1n) is 9.75. The van der Waals surface area contributed by atoms with Crippen molar-refractivity contribution in [3.63, 3.8) is 0 Å². The average Bonchev–Trinajstić information content (AvgIpc) is 3.42. The van der Waals surface area contributed by atoms with Gasteiger partial charge in [-0.15, -0.1) is 11.3 Å². The standard InChI is InChI=1S/C23H18N4O3S2/c24-32(29,30)19-9-5-15(6-10-19)13-20-21(26-27(22(20)28)23-25-11-12-31-23)18-8-7-16-3-1-2-4-17(16)14-18/h1-12,14,26H,13H2,(H2,24,29,30). The van der Waals surface area contributed by atoms with Gasteiger partial charge < -0.3 is 0 Å². The molecule has 5 rings (SSSR count). The Morgan fingerprint density at radius 2 is 1.75 bits per heavy atom. The first-order valence-corrected chi connectivity index (χ1v) is 12.2. The van der Waals surface area contributed by atoms with Crippen molar-refractivity contribution < 1.29 is 8.42 Å². The van der Waals surface area contributed by atoms with Crippen LogP contribution in [0.2, 0.25) is 0 Å². The monoisotopic (exact) mass is 462 g/mol. The minimum absolute atomic E-state index is 0.0327. The van der Waals surface area contributed by atoms with Crippen molar-refractivity contribution >= 4 is 32.1 Å². The van der Waals surface area contributed by atoms with Crippen molar-refractivity contribution in [1.29, 1.82) is 0 Å². The van der Waals surface area contributed by atoms with Gasteiger partial charge in [0.2, 0.25) is 15.2 Å². The second-order valence-corrected chi connectivity index (χ2v) is 9.78. The molecule has 0 amide bonds. The first kappa shape index (κ1) is 20.4. The summed E-state index contributed by atoms with van der Waals surface area (Å²) in [6.07, 6.45) is 1.97. The van der Waals surface area contributed by atoms with Crippen molar-refractivity contribution in [3.05, 3.63) is 99.8 Å². The lowest BCUT2D eigenvalue weighted by atomic mass is 9.99. The zero-order valence-electron chi connectivity index (χ0n) is 16.7. The normalized spacial score (nSPS) is 11.8. The lowest BCUT2D eigenvalue weighted by Gasteiger charge is -2.06. The van der Waals surface area contributed by atoms with Crippen LogP contribution in [0.5, 0.6) is 0 Å². The fourth-order valence-corrected chi connectivity index (χ4v) is 4.80. The molecule has 0 spiro atoms. The van der Waals surface area contributed by atoms with Crippen LogP contribution < -0.4 is 10.7 Å². The van der Waals surface area contributed by atoms with Gasteiger partial charge >= 0.3 is 0 Å². The number of benzene rings is 3. The van der Waals surface area contributed by atoms with Crippen molar-refractivity contribution in [2.75, 3.05) is 0 Å². The Hall–Kier alpha value is -3.53. The first-order chi connectivity index (χ1) is 15.4. The van der Waals surface area contributed by atoms with Crippen LogP contribution in [-0.2, 0) is 16.4 Å². The molecule has 2 heterocycles. The molecule has 0 aliphatic rings. The van der Waals surface area contributed by atoms with Crippen molar-refractivity contribution in [2.24, 2.45) is 5.14 Å². The Morgan fingerprint density at radius 3 is 2.44 bits per heavy atom. The Morgan fingerprint density at radius 1 is 1.00 bits per heavy atom. The lowest BCUT2D eigenvalue weighted by molar-refractivity contribution is 0.598. The summed E-state index contributed by atoms with van der Waals surface area (Å²) in [6.45, 7) is 0. The molecule has 9 heteroatoms. The van der Waals surface area contributed by atoms with Gasteiger partial charge in [-0.1, -0.05) is 48.5 Å². The number of aromatic amines is 1. The minimum atomic E-state index is -3.78. The number of fused-ring (bicyclic) bond motifs is 1. The molecule has 5 aromatic rings. The molecule has 0 radical (unpaired) electrons. The van der Waals surface area contributed by atoms with E-state index in [0.29, 0.717) is 22.8 Å². The SMILES string of the molecule is NS(=O)(=O)c1ccc(Cc2c(-c3ccc4ccccc4c3)[nH]n(-c3nccs3)c2=O)cc1. The van der Waals surface area contributed by atoms with E-state index in [9.17, 15) is 13.2 Å². The van der Waals surface area contributed by atoms with Gasteiger partial charge in [-0.3, -0.25) is 9.89 Å². The van der Waals surface area contributed by atoms with E-state index < -0.39 is 10.0 Å². The molecule has 0 aliphatic heterocycles. The van der Waals surface area contributed by atoms with E-state index in [1.807, 2.05) is 47.8 Å². The molecule has 0 fully saturated rings. The topological polar surface area (TPSA) is 111 Å². The molecule has 0 saturated carbocycles. The Kier molecular flexibility index (Phi) is 5.01. The van der Waals surface area contributed by atoms with Gasteiger partial charge in [-0.25, -0.2) is 18.5 Å². The third-order valence-electron chi connectivity index (χ3n) is 5.27. The third kappa shape index (κ3) is 3.77. The highest BCUT2D eigenvalue weighted by molar-refractivity contribution is 7.89. The summed E-state index contributed by atoms with van der Waals surface area (Å²) in [5, 5.41) is 13.0. The number of primary sulfonamides is 1. The summed E-state index contributed by atoms with van der Waals surface area (Å²) in [4.78, 5) is 17.6. The van der Waals surface area contributed by atoms with Crippen LogP contribution >= 0.6 is 11.3 Å². The molecular weight excluding hydrogens is 444 g/mol. The molecule has 2 aromatic heterocycles. The summed E-state index contributed by atoms with van der Waals surface area (Å²) >= 11 is 1.36. The van der Waals surface area contributed by atoms with Crippen molar-refractivity contribution in [3.8, 4) is 16.4 Å². The predicted molar refractivity (Wildman–Crippen MR) is 126 cm³/mol. The van der Waals surface area contributed by atoms with E-state index in [1.165, 1.54) is 28.2 Å². The lowest BCUT2D eigenvalue weighted by Crippen LogP contribution is -2.17. The number of thiazole rings is 1. The molecule has 0 saturated heterocycles. The van der Waals surface area contributed by atoms with Crippen molar-refractivity contribution in [1.82, 2.24) is 14.8 Å². The zero-order chi connectivity index (χ0) is 22.3. The molecule has 32 heavy (non-hydrogen) atoms. The molecule has 0 atom stereocenters. The highest BCUT2D eigenvalue weighted by atomic mass is 32.2. The number of hydrogen-bond donors (Lipinski definition) is 2. The maximum atomic E-state index is 13.3. The Balaban J connectivity index is 1.64. The van der Waals surface area contributed by atoms with Gasteiger partial charge in [0.15, 0.2) is 0 Å². The van der Waals surface area contributed by atoms with E-state index in [1.54, 1.807) is 18.3 Å². The molecule has 0 unspecified atom stereocenters. The van der Waals surface area contributed by atoms with E-state index >= 15 is 0 Å². The number of nitrogens with two attached hydrogens (primary N) is 1. The molecule has 3 N–H and O–H groups in total. The van der Waals surface area contributed by atoms with Gasteiger partial charge in [-0.05, 0) is 34.5 Å². The van der Waals surface area contributed by atoms with Crippen LogP contribution in [0.3, 0.4) is 0 Å². The van der Waals surface area contributed by atoms with E-state index in [4.69, 9.17) is 5.14 Å². The van der Waals surface area contributed by atoms with Crippen LogP contribution in [0.15, 0.2) is 88.0 Å². The second-order valence-electron chi connectivity index (χ2n) is 7.35. The average molecular weight is 463 g/mol. The number of rotatable bonds is 5. The zero-order valence-corrected chi connectivity index (χ0v) is 18.4. The minimum Gasteiger partial charge on any atom is -0.288 e. The summed E-state index contributed by atoms with van der Waals surface area (Å²) in [5.74, 6) is 0. The van der Waals surface area contributed by atoms with Gasteiger partial charge in [0.05, 0.1) is 10.6 Å². The van der Waals surface area contributed by atoms with Crippen LogP contribution in [-0.4, -0.2) is 23.2 Å². The number of nitrogens with zero attached hydrogens (tertiary/aromatic N) is 2. The number of nitrogens with one attached hydrogen (secondary N) is 1. The Labute approximate surface area is 187 Å². The van der Waals surface area contributed by atoms with E-state index in [2.05, 4.69) is 10.1 Å². The number of H-pyrrole nitrogens is 1. The summed E-state index contributed by atoms with van der Waals surface area (Å²) in [5.41, 5.74) is 2.75. The van der Waals surface area contributed by atoms with Crippen LogP contribution in [0, 0.1) is 0 Å². The summed E-state index contributed by atoms with van der Waals surface area (Å²) < 4.78 is 24.6. The molecule has 160 valence electrons. The summed E-state index contributed by atoms with van der Waals surface area (Å²) in [7, 11) is -3.78. The third-order valence-corrected chi connectivity index (χ3v) is 6.95. The largest absolute Gasteiger partial charge is 0.288 e. The second kappa shape index (κ2) is 7.86. The maximum Gasteiger partial charge on any atom is 0.277 e. The van der Waals surface area contributed by atoms with Gasteiger partial charge in [0, 0.05) is 29.1 Å². The molecule has 7 nitrogen and oxygen atoms in total. The molecule has 3 aromatic carbocycles. The van der Waals surface area contributed by atoms with Crippen LogP contribution in [0.25, 0.3) is 27.2 Å².